The van der Waals surface area contributed by atoms with E-state index in [9.17, 15) is 8.78 Å². The van der Waals surface area contributed by atoms with Crippen LogP contribution in [0.4, 0.5) is 14.5 Å². The Morgan fingerprint density at radius 1 is 1.30 bits per heavy atom. The lowest BCUT2D eigenvalue weighted by atomic mass is 10.0. The molecule has 0 atom stereocenters. The summed E-state index contributed by atoms with van der Waals surface area (Å²) in [5.74, 6) is -1.28. The molecule has 0 radical (unpaired) electrons. The van der Waals surface area contributed by atoms with Crippen molar-refractivity contribution in [2.45, 2.75) is 34.1 Å². The summed E-state index contributed by atoms with van der Waals surface area (Å²) in [7, 11) is 1.59. The van der Waals surface area contributed by atoms with Crippen molar-refractivity contribution < 1.29 is 8.78 Å². The number of nitrogens with zero attached hydrogens (tertiary/aromatic N) is 1. The highest BCUT2D eigenvalue weighted by molar-refractivity contribution is 5.86. The molecule has 0 amide bonds. The number of benzene rings is 1. The van der Waals surface area contributed by atoms with E-state index in [2.05, 4.69) is 16.9 Å². The molecule has 0 saturated heterocycles. The number of hydrogen-bond acceptors (Lipinski definition) is 2. The van der Waals surface area contributed by atoms with E-state index in [1.807, 2.05) is 20.8 Å². The van der Waals surface area contributed by atoms with Gasteiger partial charge in [-0.1, -0.05) is 25.2 Å². The van der Waals surface area contributed by atoms with Gasteiger partial charge in [-0.25, -0.2) is 8.78 Å². The van der Waals surface area contributed by atoms with Crippen LogP contribution >= 0.6 is 0 Å². The van der Waals surface area contributed by atoms with Crippen molar-refractivity contribution in [3.05, 3.63) is 58.7 Å². The standard InChI is InChI=1S/C19H24F2N2/c1-7-14(13(5)12(3)4)11-23-16(8-2)18-15(20)9-10-17(22-6)19(18)21/h8-11,22H,3,7H2,1-2,4-6H3/b14-13-,16-8-,23-11+. The molecule has 23 heavy (non-hydrogen) atoms. The van der Waals surface area contributed by atoms with Crippen molar-refractivity contribution in [2.24, 2.45) is 4.99 Å². The molecule has 2 nitrogen and oxygen atoms in total. The lowest BCUT2D eigenvalue weighted by Gasteiger charge is -2.10. The third-order valence-electron chi connectivity index (χ3n) is 3.75. The molecule has 0 bridgehead atoms. The molecule has 1 N–H and O–H groups in total. The van der Waals surface area contributed by atoms with Crippen molar-refractivity contribution in [2.75, 3.05) is 12.4 Å². The molecule has 0 fully saturated rings. The second-order valence-electron chi connectivity index (χ2n) is 5.25. The fourth-order valence-electron chi connectivity index (χ4n) is 2.14. The zero-order chi connectivity index (χ0) is 17.6. The highest BCUT2D eigenvalue weighted by Crippen LogP contribution is 2.28. The molecule has 1 rings (SSSR count). The molecule has 0 unspecified atom stereocenters. The van der Waals surface area contributed by atoms with Gasteiger partial charge >= 0.3 is 0 Å². The Hall–Kier alpha value is -2.23. The summed E-state index contributed by atoms with van der Waals surface area (Å²) in [4.78, 5) is 4.31. The number of hydrogen-bond donors (Lipinski definition) is 1. The smallest absolute Gasteiger partial charge is 0.158 e. The molecule has 4 heteroatoms. The van der Waals surface area contributed by atoms with Gasteiger partial charge in [0.25, 0.3) is 0 Å². The van der Waals surface area contributed by atoms with E-state index in [4.69, 9.17) is 0 Å². The lowest BCUT2D eigenvalue weighted by molar-refractivity contribution is 0.579. The number of rotatable bonds is 6. The minimum Gasteiger partial charge on any atom is -0.386 e. The third-order valence-corrected chi connectivity index (χ3v) is 3.75. The van der Waals surface area contributed by atoms with Crippen LogP contribution in [0.2, 0.25) is 0 Å². The Bertz CT molecular complexity index is 683. The van der Waals surface area contributed by atoms with Crippen molar-refractivity contribution in [3.8, 4) is 0 Å². The highest BCUT2D eigenvalue weighted by atomic mass is 19.1. The van der Waals surface area contributed by atoms with Gasteiger partial charge in [0, 0.05) is 13.3 Å². The van der Waals surface area contributed by atoms with E-state index in [-0.39, 0.29) is 16.9 Å². The average molecular weight is 318 g/mol. The predicted octanol–water partition coefficient (Wildman–Crippen LogP) is 5.74. The summed E-state index contributed by atoms with van der Waals surface area (Å²) in [6.07, 6.45) is 4.02. The van der Waals surface area contributed by atoms with E-state index in [1.54, 1.807) is 26.3 Å². The molecule has 0 heterocycles. The van der Waals surface area contributed by atoms with Crippen molar-refractivity contribution in [1.29, 1.82) is 0 Å². The number of halogens is 2. The molecule has 1 aromatic rings. The van der Waals surface area contributed by atoms with Crippen molar-refractivity contribution in [3.63, 3.8) is 0 Å². The Morgan fingerprint density at radius 2 is 1.96 bits per heavy atom. The van der Waals surface area contributed by atoms with E-state index in [0.29, 0.717) is 0 Å². The first-order chi connectivity index (χ1) is 10.9. The quantitative estimate of drug-likeness (QED) is 0.525. The van der Waals surface area contributed by atoms with E-state index >= 15 is 0 Å². The van der Waals surface area contributed by atoms with Crippen LogP contribution in [0.1, 0.15) is 39.7 Å². The number of nitrogens with one attached hydrogen (secondary N) is 1. The first-order valence-electron chi connectivity index (χ1n) is 7.59. The number of anilines is 1. The summed E-state index contributed by atoms with van der Waals surface area (Å²) in [6.45, 7) is 11.5. The van der Waals surface area contributed by atoms with Gasteiger partial charge in [0.15, 0.2) is 5.82 Å². The van der Waals surface area contributed by atoms with Gasteiger partial charge in [-0.3, -0.25) is 4.99 Å². The van der Waals surface area contributed by atoms with Gasteiger partial charge < -0.3 is 5.32 Å². The topological polar surface area (TPSA) is 24.4 Å². The molecule has 0 aliphatic rings. The largest absolute Gasteiger partial charge is 0.386 e. The molecular formula is C19H24F2N2. The Kier molecular flexibility index (Phi) is 6.89. The fraction of sp³-hybridized carbons (Fsp3) is 0.316. The first kappa shape index (κ1) is 18.8. The van der Waals surface area contributed by atoms with Crippen molar-refractivity contribution >= 4 is 17.6 Å². The second-order valence-corrected chi connectivity index (χ2v) is 5.25. The molecule has 124 valence electrons. The van der Waals surface area contributed by atoms with Gasteiger partial charge in [-0.2, -0.15) is 0 Å². The van der Waals surface area contributed by atoms with Crippen LogP contribution in [0.3, 0.4) is 0 Å². The van der Waals surface area contributed by atoms with Gasteiger partial charge in [0.2, 0.25) is 0 Å². The lowest BCUT2D eigenvalue weighted by Crippen LogP contribution is -2.00. The highest BCUT2D eigenvalue weighted by Gasteiger charge is 2.16. The van der Waals surface area contributed by atoms with Crippen LogP contribution in [-0.4, -0.2) is 13.3 Å². The second kappa shape index (κ2) is 8.42. The van der Waals surface area contributed by atoms with Crippen LogP contribution in [0.15, 0.2) is 46.5 Å². The fourth-order valence-corrected chi connectivity index (χ4v) is 2.14. The summed E-state index contributed by atoms with van der Waals surface area (Å²) < 4.78 is 28.5. The van der Waals surface area contributed by atoms with Crippen LogP contribution in [0.25, 0.3) is 5.70 Å². The molecule has 0 spiro atoms. The minimum atomic E-state index is -0.642. The van der Waals surface area contributed by atoms with E-state index < -0.39 is 11.6 Å². The summed E-state index contributed by atoms with van der Waals surface area (Å²) >= 11 is 0. The normalized spacial score (nSPS) is 13.3. The number of aliphatic imine (C=N–C) groups is 1. The predicted molar refractivity (Wildman–Crippen MR) is 95.9 cm³/mol. The Labute approximate surface area is 137 Å². The van der Waals surface area contributed by atoms with E-state index in [0.717, 1.165) is 23.1 Å². The zero-order valence-electron chi connectivity index (χ0n) is 14.4. The van der Waals surface area contributed by atoms with Gasteiger partial charge in [0.1, 0.15) is 5.82 Å². The van der Waals surface area contributed by atoms with Crippen LogP contribution in [0, 0.1) is 11.6 Å². The Balaban J connectivity index is 3.35. The van der Waals surface area contributed by atoms with E-state index in [1.165, 1.54) is 12.1 Å². The summed E-state index contributed by atoms with van der Waals surface area (Å²) in [5.41, 5.74) is 3.35. The van der Waals surface area contributed by atoms with Crippen LogP contribution in [-0.2, 0) is 0 Å². The summed E-state index contributed by atoms with van der Waals surface area (Å²) in [5, 5.41) is 2.71. The monoisotopic (exact) mass is 318 g/mol. The Morgan fingerprint density at radius 3 is 2.43 bits per heavy atom. The van der Waals surface area contributed by atoms with Crippen LogP contribution < -0.4 is 5.32 Å². The minimum absolute atomic E-state index is 0.126. The molecule has 0 aliphatic heterocycles. The van der Waals surface area contributed by atoms with Crippen molar-refractivity contribution in [1.82, 2.24) is 0 Å². The maximum absolute atomic E-state index is 14.4. The first-order valence-corrected chi connectivity index (χ1v) is 7.59. The molecule has 1 aromatic carbocycles. The molecule has 0 saturated carbocycles. The van der Waals surface area contributed by atoms with Gasteiger partial charge in [0.05, 0.1) is 16.9 Å². The van der Waals surface area contributed by atoms with Gasteiger partial charge in [-0.05, 0) is 50.5 Å². The molecular weight excluding hydrogens is 294 g/mol. The summed E-state index contributed by atoms with van der Waals surface area (Å²) in [6, 6.07) is 2.60. The maximum Gasteiger partial charge on any atom is 0.158 e. The molecule has 0 aliphatic carbocycles. The molecule has 0 aromatic heterocycles. The maximum atomic E-state index is 14.4. The SMILES string of the molecule is C=C(C)\C(C)=C(/C=N/C(=C\C)c1c(F)ccc(NC)c1F)CC. The third kappa shape index (κ3) is 4.38. The number of allylic oxidation sites excluding steroid dienone is 4. The van der Waals surface area contributed by atoms with Gasteiger partial charge in [-0.15, -0.1) is 0 Å². The van der Waals surface area contributed by atoms with Crippen LogP contribution in [0.5, 0.6) is 0 Å². The average Bonchev–Trinajstić information content (AvgIpc) is 2.53. The zero-order valence-corrected chi connectivity index (χ0v) is 14.4.